The minimum Gasteiger partial charge on any atom is -0.496 e. The number of hydrogen-bond donors (Lipinski definition) is 0. The Bertz CT molecular complexity index is 1130. The third-order valence-corrected chi connectivity index (χ3v) is 5.49. The third kappa shape index (κ3) is 2.73. The Balaban J connectivity index is 2.20. The van der Waals surface area contributed by atoms with Gasteiger partial charge in [-0.3, -0.25) is 0 Å². The third-order valence-electron chi connectivity index (χ3n) is 5.49. The van der Waals surface area contributed by atoms with Gasteiger partial charge < -0.3 is 18.9 Å². The van der Waals surface area contributed by atoms with Crippen molar-refractivity contribution in [2.45, 2.75) is 11.9 Å². The Kier molecular flexibility index (Phi) is 4.94. The first-order valence-electron chi connectivity index (χ1n) is 9.20. The maximum absolute atomic E-state index is 5.99. The van der Waals surface area contributed by atoms with Crippen molar-refractivity contribution in [3.8, 4) is 5.75 Å². The molecule has 144 valence electrons. The second-order valence-corrected chi connectivity index (χ2v) is 6.75. The van der Waals surface area contributed by atoms with Crippen molar-refractivity contribution < 1.29 is 18.9 Å². The van der Waals surface area contributed by atoms with E-state index in [1.54, 1.807) is 28.4 Å². The lowest BCUT2D eigenvalue weighted by Crippen LogP contribution is -2.54. The fourth-order valence-electron chi connectivity index (χ4n) is 4.17. The fraction of sp³-hybridized carbons (Fsp3) is 0.250. The second-order valence-electron chi connectivity index (χ2n) is 6.75. The van der Waals surface area contributed by atoms with Gasteiger partial charge in [0.1, 0.15) is 11.9 Å². The van der Waals surface area contributed by atoms with E-state index in [2.05, 4.69) is 30.3 Å². The Labute approximate surface area is 164 Å². The van der Waals surface area contributed by atoms with E-state index in [1.807, 2.05) is 36.4 Å². The molecule has 0 spiro atoms. The summed E-state index contributed by atoms with van der Waals surface area (Å²) in [7, 11) is 6.64. The largest absolute Gasteiger partial charge is 0.496 e. The number of hydrogen-bond acceptors (Lipinski definition) is 4. The van der Waals surface area contributed by atoms with Crippen molar-refractivity contribution in [2.24, 2.45) is 0 Å². The zero-order valence-corrected chi connectivity index (χ0v) is 16.6. The van der Waals surface area contributed by atoms with Crippen molar-refractivity contribution in [1.29, 1.82) is 0 Å². The number of benzene rings is 3. The van der Waals surface area contributed by atoms with E-state index < -0.39 is 11.9 Å². The summed E-state index contributed by atoms with van der Waals surface area (Å²) in [4.78, 5) is 0. The number of fused-ring (bicyclic) bond motifs is 2. The van der Waals surface area contributed by atoms with Crippen LogP contribution in [0.1, 0.15) is 5.56 Å². The first-order chi connectivity index (χ1) is 13.7. The summed E-state index contributed by atoms with van der Waals surface area (Å²) < 4.78 is 23.5. The highest BCUT2D eigenvalue weighted by molar-refractivity contribution is 5.98. The van der Waals surface area contributed by atoms with Crippen LogP contribution in [0, 0.1) is 0 Å². The molecular formula is C24H24O4. The van der Waals surface area contributed by atoms with Gasteiger partial charge in [-0.2, -0.15) is 0 Å². The highest BCUT2D eigenvalue weighted by atomic mass is 16.7. The molecule has 0 unspecified atom stereocenters. The fourth-order valence-corrected chi connectivity index (χ4v) is 4.17. The predicted molar refractivity (Wildman–Crippen MR) is 111 cm³/mol. The Morgan fingerprint density at radius 3 is 2.21 bits per heavy atom. The van der Waals surface area contributed by atoms with Crippen LogP contribution in [0.4, 0.5) is 0 Å². The molecule has 1 aliphatic carbocycles. The molecule has 3 aromatic rings. The van der Waals surface area contributed by atoms with E-state index in [0.717, 1.165) is 38.1 Å². The molecule has 0 bridgehead atoms. The van der Waals surface area contributed by atoms with E-state index in [1.165, 1.54) is 0 Å². The van der Waals surface area contributed by atoms with Crippen molar-refractivity contribution in [1.82, 2.24) is 0 Å². The molecule has 0 fully saturated rings. The van der Waals surface area contributed by atoms with Crippen molar-refractivity contribution in [3.05, 3.63) is 76.7 Å². The lowest BCUT2D eigenvalue weighted by Gasteiger charge is -2.39. The molecule has 0 N–H and O–H groups in total. The number of rotatable bonds is 5. The van der Waals surface area contributed by atoms with E-state index in [9.17, 15) is 0 Å². The van der Waals surface area contributed by atoms with E-state index in [0.29, 0.717) is 0 Å². The predicted octanol–water partition coefficient (Wildman–Crippen LogP) is 2.85. The highest BCUT2D eigenvalue weighted by Crippen LogP contribution is 2.39. The summed E-state index contributed by atoms with van der Waals surface area (Å²) in [5, 5.41) is 4.34. The molecule has 0 aliphatic heterocycles. The molecule has 0 saturated carbocycles. The summed E-state index contributed by atoms with van der Waals surface area (Å²) in [5.74, 6) is -0.256. The topological polar surface area (TPSA) is 36.9 Å². The monoisotopic (exact) mass is 376 g/mol. The Hall–Kier alpha value is -2.66. The maximum Gasteiger partial charge on any atom is 0.219 e. The Morgan fingerprint density at radius 1 is 0.786 bits per heavy atom. The molecule has 4 rings (SSSR count). The quantitative estimate of drug-likeness (QED) is 0.642. The highest BCUT2D eigenvalue weighted by Gasteiger charge is 2.44. The minimum absolute atomic E-state index is 0.475. The second kappa shape index (κ2) is 7.40. The molecule has 0 amide bonds. The molecule has 0 heterocycles. The average Bonchev–Trinajstić information content (AvgIpc) is 2.76. The summed E-state index contributed by atoms with van der Waals surface area (Å²) >= 11 is 0. The molecule has 1 aliphatic rings. The van der Waals surface area contributed by atoms with Crippen LogP contribution < -0.4 is 15.2 Å². The van der Waals surface area contributed by atoms with E-state index in [-0.39, 0.29) is 0 Å². The number of ether oxygens (including phenoxy) is 4. The van der Waals surface area contributed by atoms with Gasteiger partial charge in [0.2, 0.25) is 5.79 Å². The molecule has 0 saturated heterocycles. The zero-order valence-electron chi connectivity index (χ0n) is 16.6. The summed E-state index contributed by atoms with van der Waals surface area (Å²) in [6, 6.07) is 20.6. The van der Waals surface area contributed by atoms with Gasteiger partial charge in [0.15, 0.2) is 0 Å². The normalized spacial score (nSPS) is 17.9. The molecule has 0 aromatic heterocycles. The van der Waals surface area contributed by atoms with Gasteiger partial charge in [0.05, 0.1) is 7.11 Å². The number of methoxy groups -OCH3 is 4. The van der Waals surface area contributed by atoms with E-state index >= 15 is 0 Å². The first kappa shape index (κ1) is 18.7. The van der Waals surface area contributed by atoms with Crippen LogP contribution in [0.3, 0.4) is 0 Å². The van der Waals surface area contributed by atoms with E-state index in [4.69, 9.17) is 18.9 Å². The van der Waals surface area contributed by atoms with Gasteiger partial charge in [-0.1, -0.05) is 54.6 Å². The SMILES string of the molecule is COc1ccc2ccccc2c1C1=c2ccccc2=CC(OC)(OC)[C@H]1OC. The van der Waals surface area contributed by atoms with Crippen molar-refractivity contribution >= 4 is 22.4 Å². The van der Waals surface area contributed by atoms with Gasteiger partial charge in [-0.05, 0) is 33.4 Å². The molecule has 4 heteroatoms. The van der Waals surface area contributed by atoms with Crippen LogP contribution in [-0.4, -0.2) is 40.3 Å². The standard InChI is InChI=1S/C24H24O4/c1-25-20-14-13-16-9-5-7-11-18(16)21(20)22-19-12-8-6-10-17(19)15-24(27-3,28-4)23(22)26-2/h5-15,23H,1-4H3/t23-/m0/s1. The summed E-state index contributed by atoms with van der Waals surface area (Å²) in [6.07, 6.45) is 1.51. The van der Waals surface area contributed by atoms with Crippen molar-refractivity contribution in [2.75, 3.05) is 28.4 Å². The van der Waals surface area contributed by atoms with Crippen molar-refractivity contribution in [3.63, 3.8) is 0 Å². The van der Waals surface area contributed by atoms with Gasteiger partial charge in [-0.25, -0.2) is 0 Å². The average molecular weight is 376 g/mol. The summed E-state index contributed by atoms with van der Waals surface area (Å²) in [6.45, 7) is 0. The molecule has 1 atom stereocenters. The van der Waals surface area contributed by atoms with Gasteiger partial charge >= 0.3 is 0 Å². The molecule has 0 radical (unpaired) electrons. The Morgan fingerprint density at radius 2 is 1.50 bits per heavy atom. The molecule has 4 nitrogen and oxygen atoms in total. The minimum atomic E-state index is -1.04. The first-order valence-corrected chi connectivity index (χ1v) is 9.20. The lowest BCUT2D eigenvalue weighted by atomic mass is 9.84. The smallest absolute Gasteiger partial charge is 0.219 e. The van der Waals surface area contributed by atoms with Crippen LogP contribution in [0.2, 0.25) is 0 Å². The van der Waals surface area contributed by atoms with Crippen LogP contribution in [-0.2, 0) is 14.2 Å². The van der Waals surface area contributed by atoms with Gasteiger partial charge in [0, 0.05) is 32.5 Å². The van der Waals surface area contributed by atoms with Crippen LogP contribution in [0.25, 0.3) is 22.4 Å². The zero-order chi connectivity index (χ0) is 19.7. The summed E-state index contributed by atoms with van der Waals surface area (Å²) in [5.41, 5.74) is 1.98. The van der Waals surface area contributed by atoms with Gasteiger partial charge in [-0.15, -0.1) is 0 Å². The molecule has 3 aromatic carbocycles. The van der Waals surface area contributed by atoms with Crippen LogP contribution in [0.5, 0.6) is 5.75 Å². The molecule has 28 heavy (non-hydrogen) atoms. The molecular weight excluding hydrogens is 352 g/mol. The van der Waals surface area contributed by atoms with Gasteiger partial charge in [0.25, 0.3) is 0 Å². The van der Waals surface area contributed by atoms with Crippen LogP contribution >= 0.6 is 0 Å². The van der Waals surface area contributed by atoms with Crippen LogP contribution in [0.15, 0.2) is 60.7 Å². The maximum atomic E-state index is 5.99. The lowest BCUT2D eigenvalue weighted by molar-refractivity contribution is -0.206.